The quantitative estimate of drug-likeness (QED) is 0.814. The Kier molecular flexibility index (Phi) is 6.35. The number of thiazole rings is 1. The van der Waals surface area contributed by atoms with Gasteiger partial charge in [-0.1, -0.05) is 30.3 Å². The fourth-order valence-corrected chi connectivity index (χ4v) is 4.04. The predicted molar refractivity (Wildman–Crippen MR) is 103 cm³/mol. The monoisotopic (exact) mass is 372 g/mol. The summed E-state index contributed by atoms with van der Waals surface area (Å²) in [5.74, 6) is -0.0583. The van der Waals surface area contributed by atoms with Crippen LogP contribution >= 0.6 is 11.3 Å². The summed E-state index contributed by atoms with van der Waals surface area (Å²) < 4.78 is 0. The number of likely N-dealkylation sites (tertiary alicyclic amines) is 1. The van der Waals surface area contributed by atoms with E-state index in [1.165, 1.54) is 11.3 Å². The number of nitrogens with one attached hydrogen (secondary N) is 1. The molecule has 0 aliphatic carbocycles. The summed E-state index contributed by atoms with van der Waals surface area (Å²) in [5.41, 5.74) is 6.42. The second-order valence-corrected chi connectivity index (χ2v) is 7.42. The highest BCUT2D eigenvalue weighted by molar-refractivity contribution is 7.16. The minimum absolute atomic E-state index is 0.00227. The molecule has 1 aliphatic rings. The van der Waals surface area contributed by atoms with Gasteiger partial charge in [0.05, 0.1) is 6.20 Å². The van der Waals surface area contributed by atoms with E-state index >= 15 is 0 Å². The fourth-order valence-electron chi connectivity index (χ4n) is 3.16. The Hall–Kier alpha value is -2.25. The average Bonchev–Trinajstić information content (AvgIpc) is 3.17. The molecule has 1 saturated heterocycles. The van der Waals surface area contributed by atoms with E-state index in [-0.39, 0.29) is 17.9 Å². The van der Waals surface area contributed by atoms with Gasteiger partial charge >= 0.3 is 0 Å². The van der Waals surface area contributed by atoms with E-state index in [0.29, 0.717) is 24.4 Å². The maximum atomic E-state index is 13.0. The zero-order valence-electron chi connectivity index (χ0n) is 14.7. The minimum atomic E-state index is -0.0605. The summed E-state index contributed by atoms with van der Waals surface area (Å²) >= 11 is 1.42. The van der Waals surface area contributed by atoms with Crippen LogP contribution in [-0.4, -0.2) is 47.4 Å². The lowest BCUT2D eigenvalue weighted by Gasteiger charge is -2.35. The number of aromatic nitrogens is 1. The fraction of sp³-hybridized carbons (Fsp3) is 0.421. The van der Waals surface area contributed by atoms with Crippen molar-refractivity contribution < 1.29 is 9.59 Å². The lowest BCUT2D eigenvalue weighted by atomic mass is 10.0. The Labute approximate surface area is 157 Å². The first-order valence-electron chi connectivity index (χ1n) is 8.98. The van der Waals surface area contributed by atoms with Gasteiger partial charge in [-0.2, -0.15) is 0 Å². The Balaban J connectivity index is 1.68. The smallest absolute Gasteiger partial charge is 0.265 e. The van der Waals surface area contributed by atoms with E-state index < -0.39 is 0 Å². The number of nitrogens with two attached hydrogens (primary N) is 1. The summed E-state index contributed by atoms with van der Waals surface area (Å²) in [6.07, 6.45) is 4.94. The molecule has 26 heavy (non-hydrogen) atoms. The number of hydrogen-bond acceptors (Lipinski definition) is 5. The van der Waals surface area contributed by atoms with Crippen molar-refractivity contribution in [2.24, 2.45) is 5.73 Å². The number of benzene rings is 1. The molecular weight excluding hydrogens is 348 g/mol. The molecule has 1 aromatic heterocycles. The lowest BCUT2D eigenvalue weighted by Crippen LogP contribution is -2.49. The molecule has 3 N–H and O–H groups in total. The van der Waals surface area contributed by atoms with Crippen molar-refractivity contribution in [1.29, 1.82) is 0 Å². The van der Waals surface area contributed by atoms with Crippen LogP contribution in [0.4, 0.5) is 0 Å². The van der Waals surface area contributed by atoms with Crippen LogP contribution in [0.1, 0.15) is 35.4 Å². The second kappa shape index (κ2) is 8.91. The van der Waals surface area contributed by atoms with E-state index in [9.17, 15) is 9.59 Å². The van der Waals surface area contributed by atoms with Crippen LogP contribution in [0.3, 0.4) is 0 Å². The lowest BCUT2D eigenvalue weighted by molar-refractivity contribution is -0.121. The Bertz CT molecular complexity index is 747. The van der Waals surface area contributed by atoms with Crippen LogP contribution in [0, 0.1) is 0 Å². The molecule has 2 amide bonds. The number of piperidine rings is 1. The molecule has 0 saturated carbocycles. The van der Waals surface area contributed by atoms with E-state index in [1.807, 2.05) is 35.2 Å². The molecule has 1 atom stereocenters. The van der Waals surface area contributed by atoms with Crippen molar-refractivity contribution in [2.45, 2.75) is 31.7 Å². The maximum Gasteiger partial charge on any atom is 0.265 e. The van der Waals surface area contributed by atoms with Crippen LogP contribution in [0.15, 0.2) is 36.5 Å². The molecule has 1 fully saturated rings. The van der Waals surface area contributed by atoms with E-state index in [1.54, 1.807) is 6.20 Å². The second-order valence-electron chi connectivity index (χ2n) is 6.39. The average molecular weight is 372 g/mol. The van der Waals surface area contributed by atoms with Gasteiger partial charge in [0.2, 0.25) is 5.91 Å². The molecule has 6 nitrogen and oxygen atoms in total. The summed E-state index contributed by atoms with van der Waals surface area (Å²) in [6.45, 7) is 1.53. The Morgan fingerprint density at radius 3 is 2.85 bits per heavy atom. The van der Waals surface area contributed by atoms with Crippen molar-refractivity contribution in [3.8, 4) is 10.6 Å². The van der Waals surface area contributed by atoms with Gasteiger partial charge in [-0.3, -0.25) is 9.59 Å². The van der Waals surface area contributed by atoms with Gasteiger partial charge in [-0.25, -0.2) is 4.98 Å². The molecule has 1 aromatic carbocycles. The van der Waals surface area contributed by atoms with Crippen molar-refractivity contribution in [3.63, 3.8) is 0 Å². The van der Waals surface area contributed by atoms with Crippen LogP contribution in [0.25, 0.3) is 10.6 Å². The number of carbonyl (C=O) groups is 2. The van der Waals surface area contributed by atoms with Crippen LogP contribution in [-0.2, 0) is 4.79 Å². The van der Waals surface area contributed by atoms with Crippen molar-refractivity contribution in [1.82, 2.24) is 15.2 Å². The van der Waals surface area contributed by atoms with E-state index in [0.717, 1.165) is 36.4 Å². The Morgan fingerprint density at radius 2 is 2.08 bits per heavy atom. The zero-order chi connectivity index (χ0) is 18.4. The first-order chi connectivity index (χ1) is 12.7. The van der Waals surface area contributed by atoms with Crippen molar-refractivity contribution in [2.75, 3.05) is 19.6 Å². The van der Waals surface area contributed by atoms with Crippen molar-refractivity contribution >= 4 is 23.2 Å². The molecule has 2 heterocycles. The predicted octanol–water partition coefficient (Wildman–Crippen LogP) is 2.27. The zero-order valence-corrected chi connectivity index (χ0v) is 15.5. The van der Waals surface area contributed by atoms with Crippen molar-refractivity contribution in [3.05, 3.63) is 41.4 Å². The minimum Gasteiger partial charge on any atom is -0.354 e. The van der Waals surface area contributed by atoms with Gasteiger partial charge in [0, 0.05) is 37.7 Å². The number of hydrogen-bond donors (Lipinski definition) is 2. The first kappa shape index (κ1) is 18.5. The SMILES string of the molecule is NCCC(=O)NCC1CCCCN1C(=O)c1cnc(-c2ccccc2)s1. The summed E-state index contributed by atoms with van der Waals surface area (Å²) in [6, 6.07) is 9.89. The van der Waals surface area contributed by atoms with Crippen LogP contribution in [0.2, 0.25) is 0 Å². The Morgan fingerprint density at radius 1 is 1.27 bits per heavy atom. The third kappa shape index (κ3) is 4.47. The van der Waals surface area contributed by atoms with Gasteiger partial charge in [0.25, 0.3) is 5.91 Å². The highest BCUT2D eigenvalue weighted by Gasteiger charge is 2.29. The van der Waals surface area contributed by atoms with Gasteiger partial charge in [0.1, 0.15) is 9.88 Å². The molecule has 0 spiro atoms. The molecule has 138 valence electrons. The molecule has 3 rings (SSSR count). The molecular formula is C19H24N4O2S. The van der Waals surface area contributed by atoms with Gasteiger partial charge in [0.15, 0.2) is 0 Å². The van der Waals surface area contributed by atoms with E-state index in [2.05, 4.69) is 10.3 Å². The first-order valence-corrected chi connectivity index (χ1v) is 9.79. The number of amides is 2. The normalized spacial score (nSPS) is 17.1. The van der Waals surface area contributed by atoms with Crippen LogP contribution in [0.5, 0.6) is 0 Å². The molecule has 1 unspecified atom stereocenters. The summed E-state index contributed by atoms with van der Waals surface area (Å²) in [5, 5.41) is 3.74. The summed E-state index contributed by atoms with van der Waals surface area (Å²) in [4.78, 5) is 31.6. The highest BCUT2D eigenvalue weighted by atomic mass is 32.1. The molecule has 2 aromatic rings. The molecule has 7 heteroatoms. The highest BCUT2D eigenvalue weighted by Crippen LogP contribution is 2.27. The third-order valence-electron chi connectivity index (χ3n) is 4.53. The third-order valence-corrected chi connectivity index (χ3v) is 5.57. The van der Waals surface area contributed by atoms with Gasteiger partial charge < -0.3 is 16.0 Å². The molecule has 0 bridgehead atoms. The summed E-state index contributed by atoms with van der Waals surface area (Å²) in [7, 11) is 0. The molecule has 0 radical (unpaired) electrons. The molecule has 1 aliphatic heterocycles. The standard InChI is InChI=1S/C19H24N4O2S/c20-10-9-17(24)21-12-15-8-4-5-11-23(15)19(25)16-13-22-18(26-16)14-6-2-1-3-7-14/h1-3,6-7,13,15H,4-5,8-12,20H2,(H,21,24). The van der Waals surface area contributed by atoms with Gasteiger partial charge in [-0.15, -0.1) is 11.3 Å². The number of rotatable bonds is 6. The number of carbonyl (C=O) groups excluding carboxylic acids is 2. The van der Waals surface area contributed by atoms with E-state index in [4.69, 9.17) is 5.73 Å². The maximum absolute atomic E-state index is 13.0. The topological polar surface area (TPSA) is 88.3 Å². The van der Waals surface area contributed by atoms with Crippen LogP contribution < -0.4 is 11.1 Å². The van der Waals surface area contributed by atoms with Gasteiger partial charge in [-0.05, 0) is 19.3 Å². The largest absolute Gasteiger partial charge is 0.354 e. The number of nitrogens with zero attached hydrogens (tertiary/aromatic N) is 2.